The van der Waals surface area contributed by atoms with E-state index in [1.165, 1.54) is 72.2 Å². The number of hydrogen-bond acceptors (Lipinski definition) is 0. The van der Waals surface area contributed by atoms with Gasteiger partial charge in [0.2, 0.25) is 0 Å². The molecule has 0 fully saturated rings. The van der Waals surface area contributed by atoms with Gasteiger partial charge in [-0.3, -0.25) is 0 Å². The van der Waals surface area contributed by atoms with Gasteiger partial charge in [0.25, 0.3) is 0 Å². The molecule has 0 atom stereocenters. The van der Waals surface area contributed by atoms with Crippen molar-refractivity contribution >= 4 is 10.9 Å². The molecular formula is C42H31N. The van der Waals surface area contributed by atoms with Crippen molar-refractivity contribution in [3.63, 3.8) is 0 Å². The fourth-order valence-electron chi connectivity index (χ4n) is 8.22. The van der Waals surface area contributed by atoms with Crippen molar-refractivity contribution in [3.05, 3.63) is 185 Å². The summed E-state index contributed by atoms with van der Waals surface area (Å²) < 4.78 is 2.38. The van der Waals surface area contributed by atoms with Crippen molar-refractivity contribution < 1.29 is 0 Å². The Morgan fingerprint density at radius 3 is 1.79 bits per heavy atom. The second-order valence-electron chi connectivity index (χ2n) is 12.5. The summed E-state index contributed by atoms with van der Waals surface area (Å²) in [7, 11) is 0. The van der Waals surface area contributed by atoms with Crippen LogP contribution < -0.4 is 0 Å². The van der Waals surface area contributed by atoms with E-state index < -0.39 is 0 Å². The lowest BCUT2D eigenvalue weighted by Crippen LogP contribution is -2.28. The van der Waals surface area contributed by atoms with Gasteiger partial charge in [0, 0.05) is 22.7 Å². The number of hydrogen-bond donors (Lipinski definition) is 0. The van der Waals surface area contributed by atoms with Gasteiger partial charge in [-0.15, -0.1) is 0 Å². The van der Waals surface area contributed by atoms with Gasteiger partial charge in [-0.05, 0) is 79.9 Å². The first-order valence-electron chi connectivity index (χ1n) is 15.2. The summed E-state index contributed by atoms with van der Waals surface area (Å²) in [5.41, 5.74) is 15.5. The molecule has 1 heterocycles. The molecule has 204 valence electrons. The highest BCUT2D eigenvalue weighted by Crippen LogP contribution is 2.58. The van der Waals surface area contributed by atoms with E-state index in [1.807, 2.05) is 0 Å². The maximum atomic E-state index is 2.41. The van der Waals surface area contributed by atoms with E-state index in [0.717, 1.165) is 0 Å². The van der Waals surface area contributed by atoms with Crippen molar-refractivity contribution in [2.24, 2.45) is 0 Å². The van der Waals surface area contributed by atoms with Gasteiger partial charge in [-0.2, -0.15) is 0 Å². The minimum atomic E-state index is -0.381. The van der Waals surface area contributed by atoms with Crippen molar-refractivity contribution in [2.45, 2.75) is 24.7 Å². The first-order valence-corrected chi connectivity index (χ1v) is 15.2. The quantitative estimate of drug-likeness (QED) is 0.207. The molecule has 0 N–H and O–H groups in total. The molecule has 1 nitrogen and oxygen atoms in total. The fourth-order valence-corrected chi connectivity index (χ4v) is 8.22. The highest BCUT2D eigenvalue weighted by molar-refractivity contribution is 6.04. The van der Waals surface area contributed by atoms with E-state index in [2.05, 4.69) is 170 Å². The molecule has 0 amide bonds. The molecule has 7 aromatic rings. The molecule has 1 heteroatoms. The third-order valence-corrected chi connectivity index (χ3v) is 10.1. The maximum absolute atomic E-state index is 2.41. The van der Waals surface area contributed by atoms with E-state index in [4.69, 9.17) is 0 Å². The Morgan fingerprint density at radius 2 is 1.07 bits per heavy atom. The van der Waals surface area contributed by atoms with Gasteiger partial charge in [0.15, 0.2) is 0 Å². The topological polar surface area (TPSA) is 4.93 Å². The number of aromatic nitrogens is 1. The molecule has 1 aromatic heterocycles. The van der Waals surface area contributed by atoms with Gasteiger partial charge in [0.1, 0.15) is 0 Å². The molecular weight excluding hydrogens is 518 g/mol. The van der Waals surface area contributed by atoms with Crippen LogP contribution in [-0.2, 0) is 10.8 Å². The molecule has 0 radical (unpaired) electrons. The van der Waals surface area contributed by atoms with Crippen molar-refractivity contribution in [2.75, 3.05) is 0 Å². The summed E-state index contributed by atoms with van der Waals surface area (Å²) in [4.78, 5) is 0. The van der Waals surface area contributed by atoms with E-state index in [0.29, 0.717) is 0 Å². The van der Waals surface area contributed by atoms with Crippen LogP contribution in [0.15, 0.2) is 152 Å². The second kappa shape index (κ2) is 8.69. The van der Waals surface area contributed by atoms with E-state index in [-0.39, 0.29) is 10.8 Å². The van der Waals surface area contributed by atoms with Crippen LogP contribution in [0.1, 0.15) is 47.2 Å². The molecule has 0 unspecified atom stereocenters. The highest BCUT2D eigenvalue weighted by atomic mass is 15.0. The van der Waals surface area contributed by atoms with Crippen LogP contribution in [0.3, 0.4) is 0 Å². The summed E-state index contributed by atoms with van der Waals surface area (Å²) in [5.74, 6) is 0. The summed E-state index contributed by atoms with van der Waals surface area (Å²) in [6.07, 6.45) is 2.26. The zero-order valence-corrected chi connectivity index (χ0v) is 24.4. The number of rotatable bonds is 3. The lowest BCUT2D eigenvalue weighted by atomic mass is 9.67. The average Bonchev–Trinajstić information content (AvgIpc) is 3.69. The number of nitrogens with zero attached hydrogens (tertiary/aromatic N) is 1. The van der Waals surface area contributed by atoms with Crippen molar-refractivity contribution in [1.82, 2.24) is 4.57 Å². The Labute approximate surface area is 252 Å². The predicted molar refractivity (Wildman–Crippen MR) is 178 cm³/mol. The summed E-state index contributed by atoms with van der Waals surface area (Å²) >= 11 is 0. The Balaban J connectivity index is 1.30. The molecule has 0 saturated carbocycles. The average molecular weight is 550 g/mol. The van der Waals surface area contributed by atoms with Crippen molar-refractivity contribution in [3.8, 4) is 27.9 Å². The Morgan fingerprint density at radius 1 is 0.465 bits per heavy atom. The van der Waals surface area contributed by atoms with Crippen LogP contribution in [0.5, 0.6) is 0 Å². The van der Waals surface area contributed by atoms with Crippen LogP contribution in [-0.4, -0.2) is 4.57 Å². The molecule has 2 aliphatic rings. The molecule has 0 bridgehead atoms. The summed E-state index contributed by atoms with van der Waals surface area (Å²) in [6.45, 7) is 4.71. The molecule has 9 rings (SSSR count). The van der Waals surface area contributed by atoms with Crippen molar-refractivity contribution in [1.29, 1.82) is 0 Å². The molecule has 2 aliphatic carbocycles. The predicted octanol–water partition coefficient (Wildman–Crippen LogP) is 10.3. The third-order valence-electron chi connectivity index (χ3n) is 10.1. The lowest BCUT2D eigenvalue weighted by molar-refractivity contribution is 0.660. The monoisotopic (exact) mass is 549 g/mol. The highest BCUT2D eigenvalue weighted by Gasteiger charge is 2.46. The smallest absolute Gasteiger partial charge is 0.0713 e. The normalized spacial score (nSPS) is 15.1. The van der Waals surface area contributed by atoms with Gasteiger partial charge in [0.05, 0.1) is 10.9 Å². The van der Waals surface area contributed by atoms with Gasteiger partial charge >= 0.3 is 0 Å². The summed E-state index contributed by atoms with van der Waals surface area (Å²) in [5, 5.41) is 1.29. The largest absolute Gasteiger partial charge is 0.317 e. The summed E-state index contributed by atoms with van der Waals surface area (Å²) in [6, 6.07) is 54.0. The zero-order chi connectivity index (χ0) is 28.8. The SMILES string of the molecule is CC1(C)c2ccccc2-c2ccc(-n3ccc4c5c(ccc43)C(c3ccccc3)(c3ccccc3)c3ccccc3-5)cc21. The third kappa shape index (κ3) is 3.12. The van der Waals surface area contributed by atoms with E-state index in [9.17, 15) is 0 Å². The Bertz CT molecular complexity index is 2160. The minimum Gasteiger partial charge on any atom is -0.317 e. The standard InChI is InChI=1S/C42H31N/c1-41(2)35-19-11-9-17-31(35)32-22-21-30(27-38(32)41)43-26-25-34-39(43)24-23-37-40(34)33-18-10-12-20-36(33)42(37,28-13-5-3-6-14-28)29-15-7-4-8-16-29/h3-27H,1-2H3. The zero-order valence-electron chi connectivity index (χ0n) is 24.4. The number of benzene rings is 6. The lowest BCUT2D eigenvalue weighted by Gasteiger charge is -2.33. The molecule has 43 heavy (non-hydrogen) atoms. The van der Waals surface area contributed by atoms with Crippen LogP contribution in [0, 0.1) is 0 Å². The molecule has 6 aromatic carbocycles. The van der Waals surface area contributed by atoms with Gasteiger partial charge in [-0.25, -0.2) is 0 Å². The van der Waals surface area contributed by atoms with E-state index >= 15 is 0 Å². The Hall–Kier alpha value is -5.14. The second-order valence-corrected chi connectivity index (χ2v) is 12.5. The van der Waals surface area contributed by atoms with Gasteiger partial charge in [-0.1, -0.05) is 135 Å². The van der Waals surface area contributed by atoms with Crippen LogP contribution in [0.25, 0.3) is 38.8 Å². The molecule has 0 spiro atoms. The van der Waals surface area contributed by atoms with Crippen LogP contribution in [0.2, 0.25) is 0 Å². The Kier molecular flexibility index (Phi) is 4.94. The maximum Gasteiger partial charge on any atom is 0.0713 e. The fraction of sp³-hybridized carbons (Fsp3) is 0.0952. The number of fused-ring (bicyclic) bond motifs is 8. The first-order chi connectivity index (χ1) is 21.1. The minimum absolute atomic E-state index is 0.0317. The van der Waals surface area contributed by atoms with Crippen LogP contribution in [0.4, 0.5) is 0 Å². The van der Waals surface area contributed by atoms with Gasteiger partial charge < -0.3 is 4.57 Å². The molecule has 0 saturated heterocycles. The van der Waals surface area contributed by atoms with E-state index in [1.54, 1.807) is 0 Å². The first kappa shape index (κ1) is 24.5. The van der Waals surface area contributed by atoms with Crippen LogP contribution >= 0.6 is 0 Å². The molecule has 0 aliphatic heterocycles.